The summed E-state index contributed by atoms with van der Waals surface area (Å²) >= 11 is 1.62. The van der Waals surface area contributed by atoms with Gasteiger partial charge in [-0.3, -0.25) is 0 Å². The van der Waals surface area contributed by atoms with Gasteiger partial charge in [0.05, 0.1) is 29.5 Å². The highest BCUT2D eigenvalue weighted by Gasteiger charge is 2.10. The van der Waals surface area contributed by atoms with Gasteiger partial charge >= 0.3 is 0 Å². The van der Waals surface area contributed by atoms with Crippen molar-refractivity contribution in [3.8, 4) is 0 Å². The predicted octanol–water partition coefficient (Wildman–Crippen LogP) is 1.53. The third-order valence-electron chi connectivity index (χ3n) is 2.28. The molecule has 1 unspecified atom stereocenters. The summed E-state index contributed by atoms with van der Waals surface area (Å²) in [5, 5.41) is 20.5. The highest BCUT2D eigenvalue weighted by atomic mass is 32.1. The molecule has 5 nitrogen and oxygen atoms in total. The number of rotatable bonds is 4. The maximum Gasteiger partial charge on any atom is 0.111 e. The van der Waals surface area contributed by atoms with Crippen molar-refractivity contribution in [3.63, 3.8) is 0 Å². The van der Waals surface area contributed by atoms with Crippen molar-refractivity contribution >= 4 is 11.3 Å². The molecule has 0 aromatic carbocycles. The van der Waals surface area contributed by atoms with Crippen LogP contribution >= 0.6 is 11.3 Å². The van der Waals surface area contributed by atoms with Crippen LogP contribution in [0.3, 0.4) is 0 Å². The Morgan fingerprint density at radius 3 is 3.00 bits per heavy atom. The van der Waals surface area contributed by atoms with Gasteiger partial charge in [-0.25, -0.2) is 9.67 Å². The molecule has 0 amide bonds. The molecule has 0 aliphatic carbocycles. The number of thiazole rings is 1. The van der Waals surface area contributed by atoms with E-state index in [1.807, 2.05) is 19.2 Å². The van der Waals surface area contributed by atoms with E-state index in [0.29, 0.717) is 18.7 Å². The zero-order chi connectivity index (χ0) is 11.5. The van der Waals surface area contributed by atoms with Crippen LogP contribution in [0.2, 0.25) is 0 Å². The molecule has 0 fully saturated rings. The number of aryl methyl sites for hydroxylation is 1. The molecule has 2 heterocycles. The summed E-state index contributed by atoms with van der Waals surface area (Å²) in [6.45, 7) is 4.49. The second-order valence-corrected chi connectivity index (χ2v) is 4.69. The molecule has 16 heavy (non-hydrogen) atoms. The van der Waals surface area contributed by atoms with Gasteiger partial charge in [0.15, 0.2) is 0 Å². The minimum absolute atomic E-state index is 0.522. The first-order valence-electron chi connectivity index (χ1n) is 5.18. The van der Waals surface area contributed by atoms with Crippen LogP contribution in [0.1, 0.15) is 35.8 Å². The fourth-order valence-corrected chi connectivity index (χ4v) is 2.00. The van der Waals surface area contributed by atoms with Gasteiger partial charge in [-0.15, -0.1) is 16.4 Å². The maximum atomic E-state index is 9.58. The van der Waals surface area contributed by atoms with Gasteiger partial charge in [0.2, 0.25) is 0 Å². The highest BCUT2D eigenvalue weighted by Crippen LogP contribution is 2.13. The van der Waals surface area contributed by atoms with Crippen molar-refractivity contribution in [2.45, 2.75) is 32.9 Å². The average Bonchev–Trinajstić information content (AvgIpc) is 2.87. The Kier molecular flexibility index (Phi) is 3.31. The Bertz CT molecular complexity index is 465. The zero-order valence-corrected chi connectivity index (χ0v) is 10.1. The lowest BCUT2D eigenvalue weighted by Gasteiger charge is -2.00. The van der Waals surface area contributed by atoms with E-state index in [4.69, 9.17) is 0 Å². The van der Waals surface area contributed by atoms with Crippen LogP contribution in [0.25, 0.3) is 0 Å². The first-order chi connectivity index (χ1) is 7.69. The third kappa shape index (κ3) is 2.45. The fourth-order valence-electron chi connectivity index (χ4n) is 1.40. The minimum atomic E-state index is -0.522. The van der Waals surface area contributed by atoms with Crippen LogP contribution in [-0.2, 0) is 6.54 Å². The molecule has 0 saturated heterocycles. The smallest absolute Gasteiger partial charge is 0.111 e. The van der Waals surface area contributed by atoms with Crippen LogP contribution in [0.4, 0.5) is 0 Å². The summed E-state index contributed by atoms with van der Waals surface area (Å²) in [6, 6.07) is 0. The van der Waals surface area contributed by atoms with Crippen molar-refractivity contribution in [3.05, 3.63) is 28.0 Å². The monoisotopic (exact) mass is 238 g/mol. The molecule has 86 valence electrons. The zero-order valence-electron chi connectivity index (χ0n) is 9.29. The van der Waals surface area contributed by atoms with Gasteiger partial charge in [0.1, 0.15) is 5.69 Å². The van der Waals surface area contributed by atoms with E-state index in [1.165, 1.54) is 0 Å². The SMILES string of the molecule is CCC(O)c1cn(Cc2csc(C)n2)nn1. The number of hydrogen-bond donors (Lipinski definition) is 1. The van der Waals surface area contributed by atoms with Crippen LogP contribution in [0.5, 0.6) is 0 Å². The van der Waals surface area contributed by atoms with E-state index in [2.05, 4.69) is 15.3 Å². The maximum absolute atomic E-state index is 9.58. The fraction of sp³-hybridized carbons (Fsp3) is 0.500. The summed E-state index contributed by atoms with van der Waals surface area (Å²) in [5.74, 6) is 0. The van der Waals surface area contributed by atoms with E-state index in [1.54, 1.807) is 22.2 Å². The van der Waals surface area contributed by atoms with Gasteiger partial charge in [-0.2, -0.15) is 0 Å². The van der Waals surface area contributed by atoms with Crippen molar-refractivity contribution < 1.29 is 5.11 Å². The summed E-state index contributed by atoms with van der Waals surface area (Å²) in [6.07, 6.45) is 1.89. The number of hydrogen-bond acceptors (Lipinski definition) is 5. The van der Waals surface area contributed by atoms with Crippen molar-refractivity contribution in [1.82, 2.24) is 20.0 Å². The van der Waals surface area contributed by atoms with Gasteiger partial charge < -0.3 is 5.11 Å². The number of aliphatic hydroxyl groups is 1. The molecule has 2 aromatic heterocycles. The molecule has 2 aromatic rings. The molecule has 0 radical (unpaired) electrons. The molecular weight excluding hydrogens is 224 g/mol. The summed E-state index contributed by atoms with van der Waals surface area (Å²) < 4.78 is 1.70. The van der Waals surface area contributed by atoms with Crippen LogP contribution < -0.4 is 0 Å². The van der Waals surface area contributed by atoms with E-state index in [0.717, 1.165) is 10.7 Å². The second-order valence-electron chi connectivity index (χ2n) is 3.62. The van der Waals surface area contributed by atoms with Gasteiger partial charge in [-0.1, -0.05) is 12.1 Å². The Morgan fingerprint density at radius 1 is 1.56 bits per heavy atom. The lowest BCUT2D eigenvalue weighted by Crippen LogP contribution is -2.00. The van der Waals surface area contributed by atoms with Crippen LogP contribution in [0, 0.1) is 6.92 Å². The summed E-state index contributed by atoms with van der Waals surface area (Å²) in [5.41, 5.74) is 1.60. The van der Waals surface area contributed by atoms with E-state index in [9.17, 15) is 5.11 Å². The molecule has 1 N–H and O–H groups in total. The lowest BCUT2D eigenvalue weighted by molar-refractivity contribution is 0.168. The molecule has 0 aliphatic rings. The van der Waals surface area contributed by atoms with E-state index >= 15 is 0 Å². The molecule has 6 heteroatoms. The minimum Gasteiger partial charge on any atom is -0.387 e. The van der Waals surface area contributed by atoms with Crippen molar-refractivity contribution in [1.29, 1.82) is 0 Å². The highest BCUT2D eigenvalue weighted by molar-refractivity contribution is 7.09. The molecule has 0 bridgehead atoms. The summed E-state index contributed by atoms with van der Waals surface area (Å²) in [7, 11) is 0. The van der Waals surface area contributed by atoms with Crippen molar-refractivity contribution in [2.75, 3.05) is 0 Å². The average molecular weight is 238 g/mol. The van der Waals surface area contributed by atoms with Crippen molar-refractivity contribution in [2.24, 2.45) is 0 Å². The Hall–Kier alpha value is -1.27. The quantitative estimate of drug-likeness (QED) is 0.877. The molecule has 0 aliphatic heterocycles. The number of aromatic nitrogens is 4. The Balaban J connectivity index is 2.08. The number of nitrogens with zero attached hydrogens (tertiary/aromatic N) is 4. The van der Waals surface area contributed by atoms with Gasteiger partial charge in [0.25, 0.3) is 0 Å². The number of aliphatic hydroxyl groups excluding tert-OH is 1. The lowest BCUT2D eigenvalue weighted by atomic mass is 10.2. The third-order valence-corrected chi connectivity index (χ3v) is 3.10. The van der Waals surface area contributed by atoms with E-state index < -0.39 is 6.10 Å². The summed E-state index contributed by atoms with van der Waals surface area (Å²) in [4.78, 5) is 4.35. The first-order valence-corrected chi connectivity index (χ1v) is 6.06. The van der Waals surface area contributed by atoms with Crippen LogP contribution in [0.15, 0.2) is 11.6 Å². The largest absolute Gasteiger partial charge is 0.387 e. The topological polar surface area (TPSA) is 63.8 Å². The molecule has 0 saturated carbocycles. The first kappa shape index (κ1) is 11.2. The second kappa shape index (κ2) is 4.71. The van der Waals surface area contributed by atoms with Crippen LogP contribution in [-0.4, -0.2) is 25.1 Å². The Morgan fingerprint density at radius 2 is 2.38 bits per heavy atom. The molecule has 0 spiro atoms. The predicted molar refractivity (Wildman–Crippen MR) is 61.2 cm³/mol. The van der Waals surface area contributed by atoms with Gasteiger partial charge in [-0.05, 0) is 13.3 Å². The molecule has 1 atom stereocenters. The normalized spacial score (nSPS) is 12.9. The molecule has 2 rings (SSSR count). The molecular formula is C10H14N4OS. The standard InChI is InChI=1S/C10H14N4OS/c1-3-10(15)9-5-14(13-12-9)4-8-6-16-7(2)11-8/h5-6,10,15H,3-4H2,1-2H3. The Labute approximate surface area is 97.8 Å². The van der Waals surface area contributed by atoms with E-state index in [-0.39, 0.29) is 0 Å². The van der Waals surface area contributed by atoms with Gasteiger partial charge in [0, 0.05) is 5.38 Å².